The Morgan fingerprint density at radius 1 is 0.976 bits per heavy atom. The van der Waals surface area contributed by atoms with E-state index in [0.717, 1.165) is 61.7 Å². The summed E-state index contributed by atoms with van der Waals surface area (Å²) in [6.07, 6.45) is 3.79. The van der Waals surface area contributed by atoms with Crippen molar-refractivity contribution >= 4 is 40.1 Å². The largest absolute Gasteiger partial charge is 0.322 e. The third kappa shape index (κ3) is 5.58. The van der Waals surface area contributed by atoms with Crippen LogP contribution in [0.25, 0.3) is 32.9 Å². The van der Waals surface area contributed by atoms with Crippen LogP contribution in [0.1, 0.15) is 41.6 Å². The van der Waals surface area contributed by atoms with E-state index >= 15 is 0 Å². The van der Waals surface area contributed by atoms with Gasteiger partial charge in [0, 0.05) is 40.1 Å². The average Bonchev–Trinajstić information content (AvgIpc) is 3.43. The molecule has 2 aromatic heterocycles. The molecule has 0 aliphatic heterocycles. The summed E-state index contributed by atoms with van der Waals surface area (Å²) in [6.45, 7) is 6.61. The van der Waals surface area contributed by atoms with Gasteiger partial charge in [0.1, 0.15) is 0 Å². The molecule has 6 aromatic rings. The van der Waals surface area contributed by atoms with E-state index in [1.165, 1.54) is 0 Å². The number of fused-ring (bicyclic) bond motifs is 2. The number of hydrazone groups is 1. The van der Waals surface area contributed by atoms with E-state index in [2.05, 4.69) is 88.8 Å². The van der Waals surface area contributed by atoms with Crippen molar-refractivity contribution in [2.75, 3.05) is 0 Å². The van der Waals surface area contributed by atoms with Crippen LogP contribution in [0.5, 0.6) is 0 Å². The number of hydrogen-bond acceptors (Lipinski definition) is 4. The van der Waals surface area contributed by atoms with E-state index in [9.17, 15) is 4.79 Å². The molecule has 0 amide bonds. The van der Waals surface area contributed by atoms with Crippen LogP contribution < -0.4 is 11.0 Å². The van der Waals surface area contributed by atoms with E-state index < -0.39 is 0 Å². The Kier molecular flexibility index (Phi) is 7.89. The van der Waals surface area contributed by atoms with Gasteiger partial charge >= 0.3 is 0 Å². The molecule has 0 bridgehead atoms. The zero-order valence-corrected chi connectivity index (χ0v) is 24.2. The Hall–Kier alpha value is -4.68. The molecule has 7 heteroatoms. The summed E-state index contributed by atoms with van der Waals surface area (Å²) in [4.78, 5) is 16.5. The normalized spacial score (nSPS) is 12.0. The van der Waals surface area contributed by atoms with E-state index in [1.807, 2.05) is 41.2 Å². The smallest absolute Gasteiger partial charge is 0.251 e. The number of hydrogen-bond donors (Lipinski definition) is 2. The third-order valence-corrected chi connectivity index (χ3v) is 8.17. The predicted octanol–water partition coefficient (Wildman–Crippen LogP) is 7.69. The van der Waals surface area contributed by atoms with Gasteiger partial charge in [0.25, 0.3) is 5.56 Å². The number of pyridine rings is 1. The van der Waals surface area contributed by atoms with Crippen molar-refractivity contribution in [3.63, 3.8) is 0 Å². The van der Waals surface area contributed by atoms with Crippen molar-refractivity contribution < 1.29 is 0 Å². The van der Waals surface area contributed by atoms with Crippen molar-refractivity contribution in [2.24, 2.45) is 5.10 Å². The highest BCUT2D eigenvalue weighted by atomic mass is 35.5. The summed E-state index contributed by atoms with van der Waals surface area (Å²) in [6, 6.07) is 30.7. The van der Waals surface area contributed by atoms with Crippen LogP contribution in [-0.4, -0.2) is 21.5 Å². The molecule has 6 rings (SSSR count). The van der Waals surface area contributed by atoms with Crippen molar-refractivity contribution in [3.05, 3.63) is 135 Å². The van der Waals surface area contributed by atoms with Gasteiger partial charge in [-0.2, -0.15) is 10.2 Å². The van der Waals surface area contributed by atoms with Crippen LogP contribution in [-0.2, 0) is 19.4 Å². The predicted molar refractivity (Wildman–Crippen MR) is 173 cm³/mol. The summed E-state index contributed by atoms with van der Waals surface area (Å²) in [7, 11) is 0. The monoisotopic (exact) mass is 573 g/mol. The molecule has 210 valence electrons. The molecule has 0 fully saturated rings. The molecule has 0 spiro atoms. The molecule has 0 aliphatic rings. The van der Waals surface area contributed by atoms with Gasteiger partial charge in [-0.05, 0) is 84.3 Å². The van der Waals surface area contributed by atoms with Crippen LogP contribution in [0.15, 0.2) is 107 Å². The number of halogens is 1. The molecule has 2 heterocycles. The Bertz CT molecular complexity index is 1930. The zero-order chi connectivity index (χ0) is 29.1. The second kappa shape index (κ2) is 12.0. The van der Waals surface area contributed by atoms with Gasteiger partial charge in [-0.1, -0.05) is 72.3 Å². The number of aromatic amines is 1. The number of nitrogens with one attached hydrogen (secondary N) is 2. The minimum atomic E-state index is -0.110. The van der Waals surface area contributed by atoms with Crippen molar-refractivity contribution in [2.45, 2.75) is 38.8 Å². The Balaban J connectivity index is 1.29. The molecule has 0 radical (unpaired) electrons. The van der Waals surface area contributed by atoms with Crippen LogP contribution in [0.3, 0.4) is 0 Å². The molecular formula is C35H32ClN5O. The number of aromatic nitrogens is 3. The lowest BCUT2D eigenvalue weighted by atomic mass is 9.91. The highest BCUT2D eigenvalue weighted by Crippen LogP contribution is 2.29. The first kappa shape index (κ1) is 27.5. The van der Waals surface area contributed by atoms with Crippen LogP contribution in [0.2, 0.25) is 5.02 Å². The van der Waals surface area contributed by atoms with E-state index in [1.54, 1.807) is 6.07 Å². The summed E-state index contributed by atoms with van der Waals surface area (Å²) in [5.41, 5.74) is 11.3. The molecular weight excluding hydrogens is 542 g/mol. The first-order chi connectivity index (χ1) is 20.5. The number of nitrogens with zero attached hydrogens (tertiary/aromatic N) is 3. The maximum atomic E-state index is 13.4. The maximum Gasteiger partial charge on any atom is 0.251 e. The first-order valence-electron chi connectivity index (χ1n) is 14.2. The molecule has 0 aliphatic carbocycles. The Labute approximate surface area is 249 Å². The molecule has 2 N–H and O–H groups in total. The summed E-state index contributed by atoms with van der Waals surface area (Å²) in [5.74, 6) is 0. The minimum absolute atomic E-state index is 0.0711. The van der Waals surface area contributed by atoms with Gasteiger partial charge < -0.3 is 10.4 Å². The van der Waals surface area contributed by atoms with E-state index in [-0.39, 0.29) is 11.6 Å². The van der Waals surface area contributed by atoms with Gasteiger partial charge in [0.2, 0.25) is 0 Å². The van der Waals surface area contributed by atoms with Crippen LogP contribution in [0.4, 0.5) is 0 Å². The fourth-order valence-electron chi connectivity index (χ4n) is 5.77. The van der Waals surface area contributed by atoms with Gasteiger partial charge in [0.15, 0.2) is 0 Å². The number of H-pyrrole nitrogens is 1. The first-order valence-corrected chi connectivity index (χ1v) is 14.6. The SMILES string of the molecule is C=NNC(CCc1c(Cc2ccccc2)c2cc(Cl)ccc2[nH]c1=O)c1ccc(-c2ccc3c(cnn3CC)c2)cc1. The molecule has 1 unspecified atom stereocenters. The molecule has 42 heavy (non-hydrogen) atoms. The highest BCUT2D eigenvalue weighted by molar-refractivity contribution is 6.31. The number of benzene rings is 4. The average molecular weight is 574 g/mol. The van der Waals surface area contributed by atoms with E-state index in [4.69, 9.17) is 11.6 Å². The lowest BCUT2D eigenvalue weighted by Gasteiger charge is -2.19. The van der Waals surface area contributed by atoms with Crippen molar-refractivity contribution in [1.29, 1.82) is 0 Å². The fraction of sp³-hybridized carbons (Fsp3) is 0.171. The molecule has 6 nitrogen and oxygen atoms in total. The Morgan fingerprint density at radius 3 is 2.52 bits per heavy atom. The molecule has 4 aromatic carbocycles. The van der Waals surface area contributed by atoms with Gasteiger partial charge in [-0.15, -0.1) is 0 Å². The molecule has 0 saturated heterocycles. The second-order valence-electron chi connectivity index (χ2n) is 10.5. The number of rotatable bonds is 10. The molecule has 1 atom stereocenters. The van der Waals surface area contributed by atoms with Gasteiger partial charge in [-0.3, -0.25) is 9.48 Å². The van der Waals surface area contributed by atoms with Crippen LogP contribution >= 0.6 is 11.6 Å². The van der Waals surface area contributed by atoms with Crippen molar-refractivity contribution in [3.8, 4) is 11.1 Å². The summed E-state index contributed by atoms with van der Waals surface area (Å²) < 4.78 is 2.00. The second-order valence-corrected chi connectivity index (χ2v) is 10.9. The standard InChI is InChI=1S/C35H32ClN5O/c1-3-41-34-18-13-26(20-27(34)22-38-41)24-9-11-25(12-10-24)32(40-37-2)17-15-29-30(19-23-7-5-4-6-8-23)31-21-28(36)14-16-33(31)39-35(29)42/h4-14,16,18,20-22,32,40H,2-3,15,17,19H2,1H3,(H,39,42). The minimum Gasteiger partial charge on any atom is -0.322 e. The van der Waals surface area contributed by atoms with Gasteiger partial charge in [0.05, 0.1) is 17.8 Å². The summed E-state index contributed by atoms with van der Waals surface area (Å²) in [5, 5.41) is 11.2. The van der Waals surface area contributed by atoms with Crippen molar-refractivity contribution in [1.82, 2.24) is 20.2 Å². The number of aryl methyl sites for hydroxylation is 1. The van der Waals surface area contributed by atoms with E-state index in [0.29, 0.717) is 24.3 Å². The van der Waals surface area contributed by atoms with Gasteiger partial charge in [-0.25, -0.2) is 0 Å². The quantitative estimate of drug-likeness (QED) is 0.130. The zero-order valence-electron chi connectivity index (χ0n) is 23.5. The molecule has 0 saturated carbocycles. The topological polar surface area (TPSA) is 75.1 Å². The lowest BCUT2D eigenvalue weighted by Crippen LogP contribution is -2.21. The third-order valence-electron chi connectivity index (χ3n) is 7.93. The lowest BCUT2D eigenvalue weighted by molar-refractivity contribution is 0.519. The maximum absolute atomic E-state index is 13.4. The Morgan fingerprint density at radius 2 is 1.76 bits per heavy atom. The summed E-state index contributed by atoms with van der Waals surface area (Å²) >= 11 is 6.40. The fourth-order valence-corrected chi connectivity index (χ4v) is 5.94. The highest BCUT2D eigenvalue weighted by Gasteiger charge is 2.18. The van der Waals surface area contributed by atoms with Crippen LogP contribution in [0, 0.1) is 0 Å².